The minimum absolute atomic E-state index is 0.0982. The lowest BCUT2D eigenvalue weighted by atomic mass is 10.2. The zero-order valence-corrected chi connectivity index (χ0v) is 25.9. The molecule has 0 saturated carbocycles. The SMILES string of the molecule is CC(C)(C)OC(=O)CBr.CCOC(=O)c1cnn2cc(O)ccc12.CCOC(=O)c1cnn2cc(OCC(=O)O)ccc12. The molecule has 0 bridgehead atoms. The first kappa shape index (κ1) is 34.5. The van der Waals surface area contributed by atoms with E-state index >= 15 is 0 Å². The lowest BCUT2D eigenvalue weighted by Crippen LogP contribution is -2.24. The van der Waals surface area contributed by atoms with E-state index in [1.54, 1.807) is 32.0 Å². The van der Waals surface area contributed by atoms with Crippen LogP contribution in [0.1, 0.15) is 55.3 Å². The highest BCUT2D eigenvalue weighted by atomic mass is 79.9. The number of carboxylic acid groups (broad SMARTS) is 1. The topological polar surface area (TPSA) is 180 Å². The Balaban J connectivity index is 0.000000241. The molecule has 43 heavy (non-hydrogen) atoms. The van der Waals surface area contributed by atoms with Crippen LogP contribution in [-0.2, 0) is 23.8 Å². The van der Waals surface area contributed by atoms with E-state index in [1.807, 2.05) is 20.8 Å². The molecule has 4 heterocycles. The van der Waals surface area contributed by atoms with Gasteiger partial charge in [0.1, 0.15) is 33.6 Å². The molecular weight excluding hydrogens is 632 g/mol. The number of hydrogen-bond donors (Lipinski definition) is 2. The zero-order chi connectivity index (χ0) is 32.2. The number of aliphatic carboxylic acids is 1. The van der Waals surface area contributed by atoms with E-state index in [0.29, 0.717) is 34.5 Å². The highest BCUT2D eigenvalue weighted by Gasteiger charge is 2.15. The third-order valence-electron chi connectivity index (χ3n) is 4.87. The number of halogens is 1. The molecule has 0 spiro atoms. The number of rotatable bonds is 8. The molecule has 2 N–H and O–H groups in total. The van der Waals surface area contributed by atoms with Gasteiger partial charge in [-0.05, 0) is 58.9 Å². The van der Waals surface area contributed by atoms with Crippen LogP contribution in [0.25, 0.3) is 11.0 Å². The number of carbonyl (C=O) groups excluding carboxylic acids is 3. The van der Waals surface area contributed by atoms with Crippen LogP contribution in [0.15, 0.2) is 49.1 Å². The normalized spacial score (nSPS) is 10.6. The summed E-state index contributed by atoms with van der Waals surface area (Å²) in [4.78, 5) is 44.1. The Bertz CT molecular complexity index is 1560. The van der Waals surface area contributed by atoms with Crippen molar-refractivity contribution in [2.24, 2.45) is 0 Å². The molecule has 0 unspecified atom stereocenters. The minimum Gasteiger partial charge on any atom is -0.506 e. The van der Waals surface area contributed by atoms with Crippen LogP contribution >= 0.6 is 15.9 Å². The Labute approximate surface area is 255 Å². The largest absolute Gasteiger partial charge is 0.506 e. The van der Waals surface area contributed by atoms with Gasteiger partial charge in [-0.1, -0.05) is 15.9 Å². The molecular formula is C28H33BrN4O10. The average Bonchev–Trinajstić information content (AvgIpc) is 3.55. The first-order valence-corrected chi connectivity index (χ1v) is 14.0. The van der Waals surface area contributed by atoms with Crippen LogP contribution in [0.2, 0.25) is 0 Å². The molecule has 0 atom stereocenters. The lowest BCUT2D eigenvalue weighted by molar-refractivity contribution is -0.151. The van der Waals surface area contributed by atoms with Crippen LogP contribution < -0.4 is 4.74 Å². The molecule has 0 saturated heterocycles. The molecule has 4 aromatic rings. The maximum atomic E-state index is 11.6. The zero-order valence-electron chi connectivity index (χ0n) is 24.3. The number of hydrogen-bond acceptors (Lipinski definition) is 11. The summed E-state index contributed by atoms with van der Waals surface area (Å²) in [6, 6.07) is 6.31. The fourth-order valence-electron chi connectivity index (χ4n) is 3.27. The van der Waals surface area contributed by atoms with Crippen molar-refractivity contribution >= 4 is 50.8 Å². The van der Waals surface area contributed by atoms with Crippen molar-refractivity contribution in [2.75, 3.05) is 25.2 Å². The Morgan fingerprint density at radius 1 is 0.860 bits per heavy atom. The third kappa shape index (κ3) is 10.9. The summed E-state index contributed by atoms with van der Waals surface area (Å²) in [6.07, 6.45) is 5.75. The van der Waals surface area contributed by atoms with Crippen molar-refractivity contribution in [3.8, 4) is 11.5 Å². The van der Waals surface area contributed by atoms with E-state index in [-0.39, 0.29) is 29.3 Å². The van der Waals surface area contributed by atoms with E-state index in [4.69, 9.17) is 24.1 Å². The molecule has 0 amide bonds. The van der Waals surface area contributed by atoms with E-state index in [0.717, 1.165) is 0 Å². The molecule has 15 heteroatoms. The van der Waals surface area contributed by atoms with Crippen LogP contribution in [0, 0.1) is 0 Å². The van der Waals surface area contributed by atoms with E-state index in [2.05, 4.69) is 26.1 Å². The first-order chi connectivity index (χ1) is 20.3. The van der Waals surface area contributed by atoms with E-state index < -0.39 is 24.5 Å². The molecule has 0 radical (unpaired) electrons. The monoisotopic (exact) mass is 664 g/mol. The molecule has 4 rings (SSSR count). The Hall–Kier alpha value is -4.66. The fourth-order valence-corrected chi connectivity index (χ4v) is 3.38. The van der Waals surface area contributed by atoms with Crippen molar-refractivity contribution < 1.29 is 48.3 Å². The van der Waals surface area contributed by atoms with Gasteiger partial charge in [0.25, 0.3) is 0 Å². The maximum Gasteiger partial charge on any atom is 0.341 e. The van der Waals surface area contributed by atoms with Crippen molar-refractivity contribution in [1.82, 2.24) is 19.2 Å². The highest BCUT2D eigenvalue weighted by Crippen LogP contribution is 2.18. The van der Waals surface area contributed by atoms with Gasteiger partial charge in [-0.3, -0.25) is 4.79 Å². The number of esters is 3. The predicted molar refractivity (Wildman–Crippen MR) is 157 cm³/mol. The first-order valence-electron chi connectivity index (χ1n) is 12.9. The summed E-state index contributed by atoms with van der Waals surface area (Å²) in [6.45, 7) is 9.17. The summed E-state index contributed by atoms with van der Waals surface area (Å²) in [5.74, 6) is -1.68. The van der Waals surface area contributed by atoms with Crippen LogP contribution in [-0.4, -0.2) is 84.1 Å². The van der Waals surface area contributed by atoms with Gasteiger partial charge in [-0.25, -0.2) is 23.4 Å². The summed E-state index contributed by atoms with van der Waals surface area (Å²) in [5, 5.41) is 25.9. The fraction of sp³-hybridized carbons (Fsp3) is 0.357. The van der Waals surface area contributed by atoms with Crippen molar-refractivity contribution in [3.63, 3.8) is 0 Å². The maximum absolute atomic E-state index is 11.6. The van der Waals surface area contributed by atoms with E-state index in [9.17, 15) is 24.3 Å². The number of alkyl halides is 1. The molecule has 0 aliphatic rings. The van der Waals surface area contributed by atoms with E-state index in [1.165, 1.54) is 39.9 Å². The van der Waals surface area contributed by atoms with Gasteiger partial charge in [-0.15, -0.1) is 0 Å². The van der Waals surface area contributed by atoms with Crippen molar-refractivity contribution in [2.45, 2.75) is 40.2 Å². The van der Waals surface area contributed by atoms with Gasteiger partial charge in [0, 0.05) is 0 Å². The quantitative estimate of drug-likeness (QED) is 0.158. The van der Waals surface area contributed by atoms with Crippen molar-refractivity contribution in [3.05, 3.63) is 60.2 Å². The number of carbonyl (C=O) groups is 4. The number of aromatic hydroxyl groups is 1. The Morgan fingerprint density at radius 2 is 1.37 bits per heavy atom. The minimum atomic E-state index is -1.06. The molecule has 0 fully saturated rings. The Kier molecular flexibility index (Phi) is 12.9. The Morgan fingerprint density at radius 3 is 1.81 bits per heavy atom. The smallest absolute Gasteiger partial charge is 0.341 e. The highest BCUT2D eigenvalue weighted by molar-refractivity contribution is 9.09. The molecule has 232 valence electrons. The number of carboxylic acids is 1. The molecule has 0 aliphatic heterocycles. The number of nitrogens with zero attached hydrogens (tertiary/aromatic N) is 4. The second-order valence-electron chi connectivity index (χ2n) is 9.37. The second kappa shape index (κ2) is 16.1. The molecule has 4 aromatic heterocycles. The van der Waals surface area contributed by atoms with Crippen molar-refractivity contribution in [1.29, 1.82) is 0 Å². The number of aromatic nitrogens is 4. The third-order valence-corrected chi connectivity index (χ3v) is 5.33. The van der Waals surface area contributed by atoms with Gasteiger partial charge < -0.3 is 29.2 Å². The van der Waals surface area contributed by atoms with Gasteiger partial charge in [0.05, 0.1) is 49.0 Å². The standard InChI is InChI=1S/C12H12N2O5.C10H10N2O3.C6H11BrO2/c1-2-18-12(17)9-5-13-14-6-8(3-4-10(9)14)19-7-11(15)16;1-2-15-10(14)8-5-11-12-6-7(13)3-4-9(8)12;1-6(2,3)9-5(8)4-7/h3-6H,2,7H2,1H3,(H,15,16);3-6,13H,2H2,1H3;4H2,1-3H3. The van der Waals surface area contributed by atoms with Gasteiger partial charge in [0.15, 0.2) is 6.61 Å². The lowest BCUT2D eigenvalue weighted by Gasteiger charge is -2.18. The average molecular weight is 665 g/mol. The number of pyridine rings is 2. The number of ether oxygens (including phenoxy) is 4. The van der Waals surface area contributed by atoms with Gasteiger partial charge >= 0.3 is 23.9 Å². The summed E-state index contributed by atoms with van der Waals surface area (Å²) in [7, 11) is 0. The molecule has 0 aliphatic carbocycles. The summed E-state index contributed by atoms with van der Waals surface area (Å²) >= 11 is 2.99. The van der Waals surface area contributed by atoms with Crippen LogP contribution in [0.5, 0.6) is 11.5 Å². The van der Waals surface area contributed by atoms with Crippen LogP contribution in [0.4, 0.5) is 0 Å². The molecule has 0 aromatic carbocycles. The second-order valence-corrected chi connectivity index (χ2v) is 9.93. The van der Waals surface area contributed by atoms with Gasteiger partial charge in [-0.2, -0.15) is 10.2 Å². The molecule has 14 nitrogen and oxygen atoms in total. The predicted octanol–water partition coefficient (Wildman–Crippen LogP) is 3.91. The van der Waals surface area contributed by atoms with Crippen LogP contribution in [0.3, 0.4) is 0 Å². The summed E-state index contributed by atoms with van der Waals surface area (Å²) < 4.78 is 22.6. The van der Waals surface area contributed by atoms with Gasteiger partial charge in [0.2, 0.25) is 0 Å². The number of fused-ring (bicyclic) bond motifs is 2. The summed E-state index contributed by atoms with van der Waals surface area (Å²) in [5.41, 5.74) is 1.58.